The van der Waals surface area contributed by atoms with Gasteiger partial charge >= 0.3 is 6.09 Å². The predicted octanol–water partition coefficient (Wildman–Crippen LogP) is 6.98. The van der Waals surface area contributed by atoms with E-state index in [-0.39, 0.29) is 11.9 Å². The van der Waals surface area contributed by atoms with E-state index in [4.69, 9.17) is 9.47 Å². The van der Waals surface area contributed by atoms with Crippen LogP contribution in [0.1, 0.15) is 69.3 Å². The molecule has 3 aromatic rings. The largest absolute Gasteiger partial charge is 0.494 e. The molecule has 2 saturated carbocycles. The first-order valence-corrected chi connectivity index (χ1v) is 12.4. The molecule has 0 saturated heterocycles. The summed E-state index contributed by atoms with van der Waals surface area (Å²) in [6.45, 7) is 6.14. The third-order valence-electron chi connectivity index (χ3n) is 7.06. The van der Waals surface area contributed by atoms with Crippen molar-refractivity contribution >= 4 is 28.5 Å². The molecule has 2 aliphatic carbocycles. The maximum Gasteiger partial charge on any atom is 0.411 e. The van der Waals surface area contributed by atoms with Gasteiger partial charge in [0, 0.05) is 23.2 Å². The van der Waals surface area contributed by atoms with Crippen LogP contribution in [0.2, 0.25) is 0 Å². The van der Waals surface area contributed by atoms with E-state index in [9.17, 15) is 9.59 Å². The second-order valence-corrected chi connectivity index (χ2v) is 9.50. The van der Waals surface area contributed by atoms with Crippen molar-refractivity contribution in [3.05, 3.63) is 48.0 Å². The number of carbonyl (C=O) groups excluding carboxylic acids is 2. The number of nitrogens with one attached hydrogen (secondary N) is 1. The van der Waals surface area contributed by atoms with Crippen LogP contribution in [0.25, 0.3) is 22.2 Å². The van der Waals surface area contributed by atoms with Gasteiger partial charge in [-0.2, -0.15) is 0 Å². The first-order chi connectivity index (χ1) is 16.5. The summed E-state index contributed by atoms with van der Waals surface area (Å²) in [5.41, 5.74) is 4.35. The van der Waals surface area contributed by atoms with E-state index in [1.807, 2.05) is 50.2 Å². The lowest BCUT2D eigenvalue weighted by molar-refractivity contribution is 0.101. The summed E-state index contributed by atoms with van der Waals surface area (Å²) in [5.74, 6) is 1.35. The highest BCUT2D eigenvalue weighted by Gasteiger charge is 2.31. The summed E-state index contributed by atoms with van der Waals surface area (Å²) in [4.78, 5) is 25.1. The molecule has 5 rings (SSSR count). The molecule has 0 spiro atoms. The van der Waals surface area contributed by atoms with Crippen LogP contribution >= 0.6 is 0 Å². The fourth-order valence-electron chi connectivity index (χ4n) is 4.90. The lowest BCUT2D eigenvalue weighted by Gasteiger charge is -2.30. The summed E-state index contributed by atoms with van der Waals surface area (Å²) in [6, 6.07) is 14.0. The number of benzene rings is 2. The standard InChI is InChI=1S/C28H32N2O4/c1-4-33-23-14-15-24-25(16-23)30(22-6-5-7-22)27(26(24)17(2)31)20-10-12-21(13-11-20)29-28(32)34-18(3)19-8-9-19/h10-16,18-19,22H,4-9H2,1-3H3,(H,29,32). The minimum atomic E-state index is -0.427. The number of hydrogen-bond donors (Lipinski definition) is 1. The van der Waals surface area contributed by atoms with Gasteiger partial charge in [-0.3, -0.25) is 10.1 Å². The first-order valence-electron chi connectivity index (χ1n) is 12.4. The van der Waals surface area contributed by atoms with Gasteiger partial charge in [-0.1, -0.05) is 12.1 Å². The number of amides is 1. The number of nitrogens with zero attached hydrogens (tertiary/aromatic N) is 1. The zero-order valence-electron chi connectivity index (χ0n) is 20.1. The van der Waals surface area contributed by atoms with Crippen LogP contribution in [-0.4, -0.2) is 29.2 Å². The van der Waals surface area contributed by atoms with Crippen LogP contribution in [0, 0.1) is 5.92 Å². The highest BCUT2D eigenvalue weighted by molar-refractivity contribution is 6.13. The highest BCUT2D eigenvalue weighted by Crippen LogP contribution is 2.44. The second-order valence-electron chi connectivity index (χ2n) is 9.50. The van der Waals surface area contributed by atoms with Crippen LogP contribution in [0.4, 0.5) is 10.5 Å². The summed E-state index contributed by atoms with van der Waals surface area (Å²) in [6.07, 6.45) is 5.15. The molecule has 6 nitrogen and oxygen atoms in total. The Hall–Kier alpha value is -3.28. The summed E-state index contributed by atoms with van der Waals surface area (Å²) in [7, 11) is 0. The van der Waals surface area contributed by atoms with Crippen molar-refractivity contribution in [2.24, 2.45) is 5.92 Å². The van der Waals surface area contributed by atoms with E-state index < -0.39 is 6.09 Å². The van der Waals surface area contributed by atoms with Crippen LogP contribution < -0.4 is 10.1 Å². The number of ketones is 1. The molecule has 0 bridgehead atoms. The molecule has 178 valence electrons. The number of anilines is 1. The van der Waals surface area contributed by atoms with E-state index in [2.05, 4.69) is 16.0 Å². The first kappa shape index (κ1) is 22.5. The van der Waals surface area contributed by atoms with E-state index >= 15 is 0 Å². The average molecular weight is 461 g/mol. The van der Waals surface area contributed by atoms with Crippen molar-refractivity contribution in [2.75, 3.05) is 11.9 Å². The van der Waals surface area contributed by atoms with E-state index in [1.54, 1.807) is 6.92 Å². The van der Waals surface area contributed by atoms with E-state index in [0.717, 1.165) is 59.2 Å². The van der Waals surface area contributed by atoms with Gasteiger partial charge < -0.3 is 14.0 Å². The predicted molar refractivity (Wildman–Crippen MR) is 134 cm³/mol. The molecule has 0 aliphatic heterocycles. The minimum absolute atomic E-state index is 0.0436. The molecule has 1 unspecified atom stereocenters. The quantitative estimate of drug-likeness (QED) is 0.368. The van der Waals surface area contributed by atoms with Crippen molar-refractivity contribution < 1.29 is 19.1 Å². The molecular formula is C28H32N2O4. The third-order valence-corrected chi connectivity index (χ3v) is 7.06. The fourth-order valence-corrected chi connectivity index (χ4v) is 4.90. The molecule has 2 fully saturated rings. The average Bonchev–Trinajstić information content (AvgIpc) is 3.57. The second kappa shape index (κ2) is 9.16. The molecule has 1 atom stereocenters. The Balaban J connectivity index is 1.51. The maximum absolute atomic E-state index is 12.9. The summed E-state index contributed by atoms with van der Waals surface area (Å²) >= 11 is 0. The molecule has 1 amide bonds. The Morgan fingerprint density at radius 2 is 1.82 bits per heavy atom. The molecule has 2 aromatic carbocycles. The van der Waals surface area contributed by atoms with Gasteiger partial charge in [0.05, 0.1) is 23.4 Å². The van der Waals surface area contributed by atoms with Gasteiger partial charge in [-0.25, -0.2) is 4.79 Å². The number of fused-ring (bicyclic) bond motifs is 1. The van der Waals surface area contributed by atoms with Gasteiger partial charge in [0.1, 0.15) is 11.9 Å². The maximum atomic E-state index is 12.9. The van der Waals surface area contributed by atoms with Crippen LogP contribution in [0.15, 0.2) is 42.5 Å². The topological polar surface area (TPSA) is 69.6 Å². The zero-order chi connectivity index (χ0) is 23.8. The van der Waals surface area contributed by atoms with Crippen LogP contribution in [0.5, 0.6) is 5.75 Å². The SMILES string of the molecule is CCOc1ccc2c(C(C)=O)c(-c3ccc(NC(=O)OC(C)C4CC4)cc3)n(C3CCC3)c2c1. The normalized spacial score (nSPS) is 16.7. The number of Topliss-reactive ketones (excluding diaryl/α,β-unsaturated/α-hetero) is 1. The number of hydrogen-bond acceptors (Lipinski definition) is 4. The highest BCUT2D eigenvalue weighted by atomic mass is 16.6. The van der Waals surface area contributed by atoms with Gasteiger partial charge in [0.15, 0.2) is 5.78 Å². The summed E-state index contributed by atoms with van der Waals surface area (Å²) < 4.78 is 13.6. The Morgan fingerprint density at radius 1 is 1.09 bits per heavy atom. The van der Waals surface area contributed by atoms with Crippen LogP contribution in [0.3, 0.4) is 0 Å². The molecule has 34 heavy (non-hydrogen) atoms. The molecule has 1 N–H and O–H groups in total. The van der Waals surface area contributed by atoms with Crippen molar-refractivity contribution in [3.8, 4) is 17.0 Å². The van der Waals surface area contributed by atoms with Gasteiger partial charge in [0.25, 0.3) is 0 Å². The number of carbonyl (C=O) groups is 2. The zero-order valence-corrected chi connectivity index (χ0v) is 20.1. The Bertz CT molecular complexity index is 1220. The molecule has 1 heterocycles. The lowest BCUT2D eigenvalue weighted by atomic mass is 9.92. The van der Waals surface area contributed by atoms with Crippen molar-refractivity contribution in [1.82, 2.24) is 4.57 Å². The fraction of sp³-hybridized carbons (Fsp3) is 0.429. The Labute approximate surface area is 200 Å². The van der Waals surface area contributed by atoms with E-state index in [1.165, 1.54) is 6.42 Å². The monoisotopic (exact) mass is 460 g/mol. The Morgan fingerprint density at radius 3 is 2.41 bits per heavy atom. The number of ether oxygens (including phenoxy) is 2. The molecule has 0 radical (unpaired) electrons. The van der Waals surface area contributed by atoms with E-state index in [0.29, 0.717) is 24.3 Å². The van der Waals surface area contributed by atoms with Crippen molar-refractivity contribution in [1.29, 1.82) is 0 Å². The third kappa shape index (κ3) is 4.29. The van der Waals surface area contributed by atoms with Crippen molar-refractivity contribution in [3.63, 3.8) is 0 Å². The smallest absolute Gasteiger partial charge is 0.411 e. The van der Waals surface area contributed by atoms with Crippen molar-refractivity contribution in [2.45, 2.75) is 65.0 Å². The molecule has 2 aliphatic rings. The Kier molecular flexibility index (Phi) is 6.07. The van der Waals surface area contributed by atoms with Gasteiger partial charge in [-0.05, 0) is 88.6 Å². The molecule has 1 aromatic heterocycles. The van der Waals surface area contributed by atoms with Gasteiger partial charge in [0.2, 0.25) is 0 Å². The van der Waals surface area contributed by atoms with Gasteiger partial charge in [-0.15, -0.1) is 0 Å². The summed E-state index contributed by atoms with van der Waals surface area (Å²) in [5, 5.41) is 3.78. The number of rotatable bonds is 8. The minimum Gasteiger partial charge on any atom is -0.494 e. The van der Waals surface area contributed by atoms with Crippen LogP contribution in [-0.2, 0) is 4.74 Å². The lowest BCUT2D eigenvalue weighted by Crippen LogP contribution is -2.21. The molecular weight excluding hydrogens is 428 g/mol. The molecule has 6 heteroatoms. The number of aromatic nitrogens is 1.